The molecule has 27 heavy (non-hydrogen) atoms. The second-order valence-electron chi connectivity index (χ2n) is 8.48. The number of carbonyl (C=O) groups is 2. The van der Waals surface area contributed by atoms with Crippen molar-refractivity contribution in [3.63, 3.8) is 0 Å². The summed E-state index contributed by atoms with van der Waals surface area (Å²) < 4.78 is 5.61. The summed E-state index contributed by atoms with van der Waals surface area (Å²) in [5, 5.41) is 3.53. The van der Waals surface area contributed by atoms with Gasteiger partial charge in [-0.2, -0.15) is 0 Å². The van der Waals surface area contributed by atoms with Gasteiger partial charge in [0.1, 0.15) is 0 Å². The lowest BCUT2D eigenvalue weighted by atomic mass is 9.49. The topological polar surface area (TPSA) is 55.4 Å². The smallest absolute Gasteiger partial charge is 0.312 e. The van der Waals surface area contributed by atoms with Crippen molar-refractivity contribution in [2.45, 2.75) is 51.6 Å². The summed E-state index contributed by atoms with van der Waals surface area (Å²) in [6, 6.07) is 2.95. The third-order valence-corrected chi connectivity index (χ3v) is 7.43. The number of nitrogens with one attached hydrogen (secondary N) is 1. The maximum absolute atomic E-state index is 13.0. The zero-order valence-electron chi connectivity index (χ0n) is 15.1. The number of halogens is 3. The van der Waals surface area contributed by atoms with Crippen LogP contribution in [0.5, 0.6) is 0 Å². The molecule has 0 spiro atoms. The summed E-state index contributed by atoms with van der Waals surface area (Å²) >= 11 is 18.0. The second-order valence-corrected chi connectivity index (χ2v) is 9.70. The summed E-state index contributed by atoms with van der Waals surface area (Å²) in [5.74, 6) is 1.27. The molecule has 4 bridgehead atoms. The molecule has 4 aliphatic rings. The molecular weight excluding hydrogens is 409 g/mol. The summed E-state index contributed by atoms with van der Waals surface area (Å²) in [6.45, 7) is 1.58. The molecule has 4 fully saturated rings. The van der Waals surface area contributed by atoms with E-state index in [4.69, 9.17) is 39.5 Å². The number of benzene rings is 1. The third-order valence-electron chi connectivity index (χ3n) is 6.39. The highest BCUT2D eigenvalue weighted by Gasteiger charge is 2.55. The standard InChI is InChI=1S/C20H22Cl3NO3/c1-10(18(25)24-17-6-15(22)14(21)5-16(17)23)27-19(26)20-7-11-2-12(8-20)4-13(3-11)9-20/h5-6,10-13H,2-4,7-9H2,1H3,(H,24,25). The summed E-state index contributed by atoms with van der Waals surface area (Å²) in [7, 11) is 0. The van der Waals surface area contributed by atoms with Gasteiger partial charge in [0.2, 0.25) is 0 Å². The highest BCUT2D eigenvalue weighted by Crippen LogP contribution is 2.60. The summed E-state index contributed by atoms with van der Waals surface area (Å²) in [5.41, 5.74) is -0.0430. The molecule has 7 heteroatoms. The van der Waals surface area contributed by atoms with Crippen molar-refractivity contribution in [3.05, 3.63) is 27.2 Å². The molecule has 0 saturated heterocycles. The van der Waals surface area contributed by atoms with E-state index in [0.29, 0.717) is 28.5 Å². The van der Waals surface area contributed by atoms with Gasteiger partial charge in [0, 0.05) is 0 Å². The number of carbonyl (C=O) groups excluding carboxylic acids is 2. The Morgan fingerprint density at radius 1 is 1.00 bits per heavy atom. The molecule has 1 aromatic carbocycles. The molecule has 0 heterocycles. The lowest BCUT2D eigenvalue weighted by Crippen LogP contribution is -2.51. The third kappa shape index (κ3) is 3.68. The van der Waals surface area contributed by atoms with Crippen LogP contribution in [0.25, 0.3) is 0 Å². The number of hydrogen-bond acceptors (Lipinski definition) is 3. The highest BCUT2D eigenvalue weighted by atomic mass is 35.5. The minimum atomic E-state index is -0.906. The van der Waals surface area contributed by atoms with Gasteiger partial charge in [-0.05, 0) is 75.3 Å². The van der Waals surface area contributed by atoms with Crippen LogP contribution < -0.4 is 5.32 Å². The maximum atomic E-state index is 13.0. The number of esters is 1. The molecule has 4 saturated carbocycles. The number of hydrogen-bond donors (Lipinski definition) is 1. The molecule has 1 N–H and O–H groups in total. The Kier molecular flexibility index (Phi) is 5.11. The molecular formula is C20H22Cl3NO3. The molecule has 0 aromatic heterocycles. The van der Waals surface area contributed by atoms with Crippen LogP contribution in [0.2, 0.25) is 15.1 Å². The molecule has 1 amide bonds. The number of rotatable bonds is 4. The zero-order chi connectivity index (χ0) is 19.3. The van der Waals surface area contributed by atoms with E-state index in [1.165, 1.54) is 31.4 Å². The van der Waals surface area contributed by atoms with E-state index in [1.54, 1.807) is 6.92 Å². The normalized spacial score (nSPS) is 32.2. The van der Waals surface area contributed by atoms with Crippen LogP contribution in [0.15, 0.2) is 12.1 Å². The zero-order valence-corrected chi connectivity index (χ0v) is 17.3. The quantitative estimate of drug-likeness (QED) is 0.490. The molecule has 146 valence electrons. The fourth-order valence-corrected chi connectivity index (χ4v) is 6.15. The minimum absolute atomic E-state index is 0.218. The predicted molar refractivity (Wildman–Crippen MR) is 106 cm³/mol. The van der Waals surface area contributed by atoms with Gasteiger partial charge in [0.25, 0.3) is 5.91 Å². The van der Waals surface area contributed by atoms with Gasteiger partial charge in [-0.1, -0.05) is 34.8 Å². The predicted octanol–water partition coefficient (Wildman–Crippen LogP) is 5.73. The average molecular weight is 431 g/mol. The number of ether oxygens (including phenoxy) is 1. The van der Waals surface area contributed by atoms with Crippen LogP contribution in [0.1, 0.15) is 45.4 Å². The van der Waals surface area contributed by atoms with E-state index in [0.717, 1.165) is 19.3 Å². The van der Waals surface area contributed by atoms with Gasteiger partial charge in [-0.3, -0.25) is 9.59 Å². The van der Waals surface area contributed by atoms with Crippen LogP contribution in [0.4, 0.5) is 5.69 Å². The van der Waals surface area contributed by atoms with E-state index in [-0.39, 0.29) is 21.4 Å². The van der Waals surface area contributed by atoms with Crippen LogP contribution in [-0.2, 0) is 14.3 Å². The van der Waals surface area contributed by atoms with Gasteiger partial charge >= 0.3 is 5.97 Å². The molecule has 1 unspecified atom stereocenters. The Morgan fingerprint density at radius 2 is 1.52 bits per heavy atom. The summed E-state index contributed by atoms with van der Waals surface area (Å²) in [4.78, 5) is 25.5. The van der Waals surface area contributed by atoms with Crippen molar-refractivity contribution >= 4 is 52.4 Å². The fraction of sp³-hybridized carbons (Fsp3) is 0.600. The van der Waals surface area contributed by atoms with Gasteiger partial charge in [0.05, 0.1) is 26.2 Å². The Labute approximate surface area is 173 Å². The maximum Gasteiger partial charge on any atom is 0.312 e. The Morgan fingerprint density at radius 3 is 2.07 bits per heavy atom. The first-order valence-corrected chi connectivity index (χ1v) is 10.6. The van der Waals surface area contributed by atoms with Crippen LogP contribution in [0, 0.1) is 23.2 Å². The van der Waals surface area contributed by atoms with Crippen molar-refractivity contribution in [2.75, 3.05) is 5.32 Å². The van der Waals surface area contributed by atoms with Gasteiger partial charge < -0.3 is 10.1 Å². The molecule has 4 nitrogen and oxygen atoms in total. The Hall–Kier alpha value is -0.970. The molecule has 4 aliphatic carbocycles. The monoisotopic (exact) mass is 429 g/mol. The van der Waals surface area contributed by atoms with Crippen molar-refractivity contribution in [2.24, 2.45) is 23.2 Å². The lowest BCUT2D eigenvalue weighted by Gasteiger charge is -2.55. The SMILES string of the molecule is CC(OC(=O)C12CC3CC(CC(C3)C1)C2)C(=O)Nc1cc(Cl)c(Cl)cc1Cl. The lowest BCUT2D eigenvalue weighted by molar-refractivity contribution is -0.177. The van der Waals surface area contributed by atoms with E-state index < -0.39 is 12.0 Å². The second kappa shape index (κ2) is 7.13. The van der Waals surface area contributed by atoms with Crippen molar-refractivity contribution in [1.29, 1.82) is 0 Å². The van der Waals surface area contributed by atoms with Crippen molar-refractivity contribution in [1.82, 2.24) is 0 Å². The van der Waals surface area contributed by atoms with Gasteiger partial charge in [0.15, 0.2) is 6.10 Å². The Balaban J connectivity index is 1.41. The fourth-order valence-electron chi connectivity index (χ4n) is 5.55. The molecule has 5 rings (SSSR count). The molecule has 1 aromatic rings. The van der Waals surface area contributed by atoms with Gasteiger partial charge in [-0.15, -0.1) is 0 Å². The van der Waals surface area contributed by atoms with Crippen LogP contribution in [-0.4, -0.2) is 18.0 Å². The number of anilines is 1. The van der Waals surface area contributed by atoms with Crippen LogP contribution >= 0.6 is 34.8 Å². The van der Waals surface area contributed by atoms with E-state index in [1.807, 2.05) is 0 Å². The van der Waals surface area contributed by atoms with E-state index >= 15 is 0 Å². The van der Waals surface area contributed by atoms with Crippen LogP contribution in [0.3, 0.4) is 0 Å². The molecule has 1 atom stereocenters. The summed E-state index contributed by atoms with van der Waals surface area (Å²) in [6.07, 6.45) is 5.56. The van der Waals surface area contributed by atoms with E-state index in [9.17, 15) is 9.59 Å². The van der Waals surface area contributed by atoms with Gasteiger partial charge in [-0.25, -0.2) is 0 Å². The Bertz CT molecular complexity index is 760. The highest BCUT2D eigenvalue weighted by molar-refractivity contribution is 6.44. The largest absolute Gasteiger partial charge is 0.452 e. The first-order valence-electron chi connectivity index (χ1n) is 9.42. The van der Waals surface area contributed by atoms with E-state index in [2.05, 4.69) is 5.32 Å². The minimum Gasteiger partial charge on any atom is -0.452 e. The first-order chi connectivity index (χ1) is 12.8. The van der Waals surface area contributed by atoms with Crippen molar-refractivity contribution in [3.8, 4) is 0 Å². The molecule has 0 radical (unpaired) electrons. The first kappa shape index (κ1) is 19.4. The number of amides is 1. The van der Waals surface area contributed by atoms with Crippen molar-refractivity contribution < 1.29 is 14.3 Å². The average Bonchev–Trinajstić information content (AvgIpc) is 2.58. The molecule has 0 aliphatic heterocycles.